The van der Waals surface area contributed by atoms with Gasteiger partial charge in [0, 0.05) is 12.8 Å². The second-order valence-electron chi connectivity index (χ2n) is 14.2. The minimum atomic E-state index is -4.91. The van der Waals surface area contributed by atoms with Gasteiger partial charge in [-0.05, 0) is 36.2 Å². The van der Waals surface area contributed by atoms with Gasteiger partial charge in [0.05, 0.1) is 30.6 Å². The summed E-state index contributed by atoms with van der Waals surface area (Å²) in [6.07, 6.45) is 11.2. The molecular weight excluding hydrogens is 730 g/mol. The van der Waals surface area contributed by atoms with Crippen molar-refractivity contribution >= 4 is 19.2 Å². The summed E-state index contributed by atoms with van der Waals surface area (Å²) in [6, 6.07) is 10.7. The number of ether oxygens (including phenoxy) is 2. The van der Waals surface area contributed by atoms with Gasteiger partial charge in [0.2, 0.25) is 5.60 Å². The van der Waals surface area contributed by atoms with E-state index in [2.05, 4.69) is 28.8 Å². The summed E-state index contributed by atoms with van der Waals surface area (Å²) >= 11 is 0. The number of halogens is 1. The van der Waals surface area contributed by atoms with Crippen LogP contribution in [0.25, 0.3) is 5.52 Å². The molecule has 2 aliphatic rings. The van der Waals surface area contributed by atoms with Crippen LogP contribution in [0.5, 0.6) is 0 Å². The van der Waals surface area contributed by atoms with Crippen LogP contribution < -0.4 is 5.73 Å². The molecule has 2 aromatic heterocycles. The van der Waals surface area contributed by atoms with E-state index in [0.717, 1.165) is 25.6 Å². The minimum Gasteiger partial charge on any atom is -0.385 e. The third kappa shape index (κ3) is 10.1. The van der Waals surface area contributed by atoms with Crippen molar-refractivity contribution in [2.75, 3.05) is 12.3 Å². The zero-order valence-electron chi connectivity index (χ0n) is 31.1. The number of rotatable bonds is 22. The van der Waals surface area contributed by atoms with Gasteiger partial charge in [-0.3, -0.25) is 9.05 Å². The fourth-order valence-electron chi connectivity index (χ4n) is 6.91. The summed E-state index contributed by atoms with van der Waals surface area (Å²) in [4.78, 5) is 14.5. The lowest BCUT2D eigenvalue weighted by Gasteiger charge is -2.29. The molecule has 0 spiro atoms. The molecule has 1 saturated heterocycles. The first kappa shape index (κ1) is 42.2. The molecular formula is C39H50FN6O8P. The SMILES string of the molecule is CCCCCCCCCCCCCCC#CCC(COP(=O)(O)OC1C2OC(C#N)(c3ccc4c(N)ncnn34)C(O)C21O)OCc1ccc(C#N)c(F)c1. The molecule has 14 nitrogen and oxygen atoms in total. The largest absolute Gasteiger partial charge is 0.472 e. The van der Waals surface area contributed by atoms with Crippen LogP contribution in [0.1, 0.15) is 114 Å². The summed E-state index contributed by atoms with van der Waals surface area (Å²) in [5.74, 6) is 5.58. The zero-order chi connectivity index (χ0) is 39.5. The molecule has 1 aliphatic carbocycles. The van der Waals surface area contributed by atoms with Gasteiger partial charge in [0.25, 0.3) is 0 Å². The van der Waals surface area contributed by atoms with Crippen LogP contribution in [0.4, 0.5) is 10.2 Å². The van der Waals surface area contributed by atoms with Gasteiger partial charge in [-0.25, -0.2) is 18.5 Å². The topological polar surface area (TPSA) is 218 Å². The molecule has 0 radical (unpaired) electrons. The van der Waals surface area contributed by atoms with Crippen molar-refractivity contribution in [1.82, 2.24) is 14.6 Å². The Morgan fingerprint density at radius 1 is 1.05 bits per heavy atom. The Morgan fingerprint density at radius 2 is 1.75 bits per heavy atom. The number of aliphatic hydroxyl groups excluding tert-OH is 1. The Labute approximate surface area is 321 Å². The van der Waals surface area contributed by atoms with E-state index in [1.165, 1.54) is 92.6 Å². The number of anilines is 1. The van der Waals surface area contributed by atoms with Gasteiger partial charge in [-0.1, -0.05) is 83.6 Å². The first-order valence-electron chi connectivity index (χ1n) is 19.0. The first-order chi connectivity index (χ1) is 26.5. The van der Waals surface area contributed by atoms with E-state index < -0.39 is 55.9 Å². The van der Waals surface area contributed by atoms with E-state index in [9.17, 15) is 29.3 Å². The molecule has 55 heavy (non-hydrogen) atoms. The number of unbranched alkanes of at least 4 members (excludes halogenated alkanes) is 12. The molecule has 3 heterocycles. The smallest absolute Gasteiger partial charge is 0.385 e. The van der Waals surface area contributed by atoms with Crippen molar-refractivity contribution in [3.8, 4) is 24.0 Å². The lowest BCUT2D eigenvalue weighted by molar-refractivity contribution is -0.106. The van der Waals surface area contributed by atoms with Crippen LogP contribution in [0, 0.1) is 40.3 Å². The molecule has 3 aromatic rings. The monoisotopic (exact) mass is 780 g/mol. The maximum Gasteiger partial charge on any atom is 0.472 e. The van der Waals surface area contributed by atoms with E-state index in [4.69, 9.17) is 29.5 Å². The summed E-state index contributed by atoms with van der Waals surface area (Å²) < 4.78 is 50.8. The maximum atomic E-state index is 14.2. The Kier molecular flexibility index (Phi) is 14.8. The van der Waals surface area contributed by atoms with Crippen molar-refractivity contribution in [3.63, 3.8) is 0 Å². The van der Waals surface area contributed by atoms with Gasteiger partial charge in [-0.2, -0.15) is 15.6 Å². The van der Waals surface area contributed by atoms with Crippen LogP contribution in [-0.2, 0) is 35.3 Å². The van der Waals surface area contributed by atoms with Crippen molar-refractivity contribution < 1.29 is 42.6 Å². The third-order valence-corrected chi connectivity index (χ3v) is 11.1. The van der Waals surface area contributed by atoms with E-state index in [1.807, 2.05) is 6.07 Å². The van der Waals surface area contributed by atoms with Gasteiger partial charge < -0.3 is 30.3 Å². The highest BCUT2D eigenvalue weighted by molar-refractivity contribution is 7.47. The second-order valence-corrected chi connectivity index (χ2v) is 15.6. The molecule has 2 fully saturated rings. The number of aromatic nitrogens is 3. The fourth-order valence-corrected chi connectivity index (χ4v) is 7.89. The lowest BCUT2D eigenvalue weighted by Crippen LogP contribution is -2.47. The highest BCUT2D eigenvalue weighted by atomic mass is 31.2. The number of hydrogen-bond acceptors (Lipinski definition) is 12. The number of nitrogen functional groups attached to an aromatic ring is 1. The first-order valence-corrected chi connectivity index (χ1v) is 20.5. The summed E-state index contributed by atoms with van der Waals surface area (Å²) in [7, 11) is -4.91. The molecule has 1 aromatic carbocycles. The lowest BCUT2D eigenvalue weighted by atomic mass is 9.90. The van der Waals surface area contributed by atoms with Gasteiger partial charge in [-0.15, -0.1) is 11.8 Å². The van der Waals surface area contributed by atoms with E-state index in [1.54, 1.807) is 6.07 Å². The average molecular weight is 781 g/mol. The highest BCUT2D eigenvalue weighted by Crippen LogP contribution is 2.63. The van der Waals surface area contributed by atoms with Crippen LogP contribution >= 0.6 is 7.82 Å². The normalized spacial score (nSPS) is 24.3. The number of nitriles is 2. The van der Waals surface area contributed by atoms with Gasteiger partial charge in [0.1, 0.15) is 48.1 Å². The second kappa shape index (κ2) is 19.3. The molecule has 5 N–H and O–H groups in total. The predicted octanol–water partition coefficient (Wildman–Crippen LogP) is 6.12. The van der Waals surface area contributed by atoms with Gasteiger partial charge >= 0.3 is 7.82 Å². The molecule has 1 saturated carbocycles. The van der Waals surface area contributed by atoms with Crippen molar-refractivity contribution in [1.29, 1.82) is 10.5 Å². The Hall–Kier alpha value is -3.94. The molecule has 16 heteroatoms. The van der Waals surface area contributed by atoms with Crippen LogP contribution in [0.15, 0.2) is 36.7 Å². The Balaban J connectivity index is 1.12. The maximum absolute atomic E-state index is 14.2. The molecule has 7 atom stereocenters. The summed E-state index contributed by atoms with van der Waals surface area (Å²) in [5, 5.41) is 45.8. The Bertz CT molecular complexity index is 1960. The van der Waals surface area contributed by atoms with E-state index in [0.29, 0.717) is 17.5 Å². The van der Waals surface area contributed by atoms with Crippen molar-refractivity contribution in [3.05, 3.63) is 59.3 Å². The molecule has 1 aliphatic heterocycles. The van der Waals surface area contributed by atoms with Crippen LogP contribution in [-0.4, -0.2) is 66.3 Å². The number of phosphoric acid groups is 1. The van der Waals surface area contributed by atoms with Crippen molar-refractivity contribution in [2.24, 2.45) is 0 Å². The predicted molar refractivity (Wildman–Crippen MR) is 199 cm³/mol. The standard InChI is InChI=1S/C39H50FN6O8P/c1-2-3-4-5-6-7-8-9-10-11-12-13-14-15-16-17-30(51-24-28-18-19-29(23-41)31(40)22-28)25-52-55(49,50)54-35-34-39(35,48)37(47)38(26-42,53-34)33-21-20-32-36(43)44-27-45-46(32)33/h18-22,27,30,34-35,37,47-48H,2-14,17,24-25H2,1H3,(H,49,50)(H2,43,44,45). The fraction of sp³-hybridized carbons (Fsp3) is 0.590. The highest BCUT2D eigenvalue weighted by Gasteiger charge is 2.83. The summed E-state index contributed by atoms with van der Waals surface area (Å²) in [5.41, 5.74) is 2.29. The molecule has 296 valence electrons. The van der Waals surface area contributed by atoms with Gasteiger partial charge in [0.15, 0.2) is 11.4 Å². The van der Waals surface area contributed by atoms with E-state index >= 15 is 0 Å². The number of nitrogens with two attached hydrogens (primary N) is 1. The van der Waals surface area contributed by atoms with Crippen LogP contribution in [0.3, 0.4) is 0 Å². The number of benzene rings is 1. The zero-order valence-corrected chi connectivity index (χ0v) is 32.0. The average Bonchev–Trinajstić information content (AvgIpc) is 3.41. The number of fused-ring (bicyclic) bond motifs is 2. The third-order valence-electron chi connectivity index (χ3n) is 10.2. The number of nitrogens with zero attached hydrogens (tertiary/aromatic N) is 5. The number of aliphatic hydroxyl groups is 2. The van der Waals surface area contributed by atoms with Crippen molar-refractivity contribution in [2.45, 2.75) is 139 Å². The molecule has 0 amide bonds. The van der Waals surface area contributed by atoms with Crippen LogP contribution in [0.2, 0.25) is 0 Å². The molecule has 0 bridgehead atoms. The van der Waals surface area contributed by atoms with E-state index in [-0.39, 0.29) is 30.1 Å². The minimum absolute atomic E-state index is 0.0662. The number of phosphoric ester groups is 1. The Morgan fingerprint density at radius 3 is 2.36 bits per heavy atom. The quantitative estimate of drug-likeness (QED) is 0.0514. The number of hydrogen-bond donors (Lipinski definition) is 4. The molecule has 7 unspecified atom stereocenters. The molecule has 5 rings (SSSR count). The summed E-state index contributed by atoms with van der Waals surface area (Å²) in [6.45, 7) is 1.67.